The number of hydrogen-bond donors (Lipinski definition) is 0. The van der Waals surface area contributed by atoms with E-state index in [-0.39, 0.29) is 5.97 Å². The highest BCUT2D eigenvalue weighted by Crippen LogP contribution is 2.39. The molecule has 0 aliphatic rings. The second-order valence-corrected chi connectivity index (χ2v) is 4.65. The molecular formula is C18H26O5. The standard InChI is InChI=1S/C18H26O5/c1-5-11-23-17(19)10-9-14-12-15(20-6-2)18(22-8-4)16(13-14)21-7-3/h9-10,12-13H,5-8,11H2,1-4H3. The van der Waals surface area contributed by atoms with E-state index in [1.807, 2.05) is 39.8 Å². The SMILES string of the molecule is CCCOC(=O)C=Cc1cc(OCC)c(OCC)c(OCC)c1. The molecule has 1 aromatic carbocycles. The zero-order valence-corrected chi connectivity index (χ0v) is 14.4. The zero-order chi connectivity index (χ0) is 17.1. The summed E-state index contributed by atoms with van der Waals surface area (Å²) >= 11 is 0. The van der Waals surface area contributed by atoms with Crippen molar-refractivity contribution in [3.63, 3.8) is 0 Å². The van der Waals surface area contributed by atoms with Crippen molar-refractivity contribution in [2.75, 3.05) is 26.4 Å². The third kappa shape index (κ3) is 6.22. The van der Waals surface area contributed by atoms with Gasteiger partial charge >= 0.3 is 5.97 Å². The van der Waals surface area contributed by atoms with E-state index in [9.17, 15) is 4.79 Å². The van der Waals surface area contributed by atoms with Gasteiger partial charge in [-0.1, -0.05) is 6.92 Å². The quantitative estimate of drug-likeness (QED) is 0.484. The summed E-state index contributed by atoms with van der Waals surface area (Å²) in [6, 6.07) is 3.64. The Hall–Kier alpha value is -2.17. The van der Waals surface area contributed by atoms with E-state index in [0.717, 1.165) is 12.0 Å². The smallest absolute Gasteiger partial charge is 0.330 e. The van der Waals surface area contributed by atoms with Crippen molar-refractivity contribution in [2.24, 2.45) is 0 Å². The molecule has 5 nitrogen and oxygen atoms in total. The predicted molar refractivity (Wildman–Crippen MR) is 90.2 cm³/mol. The molecule has 1 aromatic rings. The molecule has 0 amide bonds. The molecule has 0 unspecified atom stereocenters. The van der Waals surface area contributed by atoms with Crippen molar-refractivity contribution in [3.8, 4) is 17.2 Å². The molecule has 23 heavy (non-hydrogen) atoms. The van der Waals surface area contributed by atoms with Gasteiger partial charge in [0.1, 0.15) is 0 Å². The summed E-state index contributed by atoms with van der Waals surface area (Å²) in [5, 5.41) is 0. The summed E-state index contributed by atoms with van der Waals surface area (Å²) in [4.78, 5) is 11.6. The van der Waals surface area contributed by atoms with E-state index >= 15 is 0 Å². The molecule has 0 aliphatic carbocycles. The summed E-state index contributed by atoms with van der Waals surface area (Å²) in [5.41, 5.74) is 0.786. The average Bonchev–Trinajstić information content (AvgIpc) is 2.54. The Kier molecular flexibility index (Phi) is 8.65. The molecule has 0 atom stereocenters. The van der Waals surface area contributed by atoms with Crippen molar-refractivity contribution in [1.29, 1.82) is 0 Å². The van der Waals surface area contributed by atoms with Crippen LogP contribution in [0.2, 0.25) is 0 Å². The summed E-state index contributed by atoms with van der Waals surface area (Å²) < 4.78 is 21.9. The Bertz CT molecular complexity index is 495. The van der Waals surface area contributed by atoms with Gasteiger partial charge in [-0.25, -0.2) is 4.79 Å². The Morgan fingerprint density at radius 2 is 1.52 bits per heavy atom. The summed E-state index contributed by atoms with van der Waals surface area (Å²) in [6.07, 6.45) is 3.88. The van der Waals surface area contributed by atoms with Crippen molar-refractivity contribution in [1.82, 2.24) is 0 Å². The van der Waals surface area contributed by atoms with Crippen LogP contribution in [-0.4, -0.2) is 32.4 Å². The number of esters is 1. The minimum Gasteiger partial charge on any atom is -0.490 e. The first-order valence-corrected chi connectivity index (χ1v) is 8.07. The van der Waals surface area contributed by atoms with Gasteiger partial charge < -0.3 is 18.9 Å². The third-order valence-electron chi connectivity index (χ3n) is 2.79. The van der Waals surface area contributed by atoms with Gasteiger partial charge in [-0.15, -0.1) is 0 Å². The van der Waals surface area contributed by atoms with Crippen LogP contribution in [0.5, 0.6) is 17.2 Å². The molecule has 0 saturated heterocycles. The molecule has 0 bridgehead atoms. The van der Waals surface area contributed by atoms with Crippen LogP contribution in [0.3, 0.4) is 0 Å². The average molecular weight is 322 g/mol. The fourth-order valence-electron chi connectivity index (χ4n) is 1.92. The maximum Gasteiger partial charge on any atom is 0.330 e. The zero-order valence-electron chi connectivity index (χ0n) is 14.4. The Labute approximate surface area is 138 Å². The van der Waals surface area contributed by atoms with Crippen LogP contribution in [-0.2, 0) is 9.53 Å². The number of carbonyl (C=O) groups excluding carboxylic acids is 1. The molecule has 0 spiro atoms. The lowest BCUT2D eigenvalue weighted by Crippen LogP contribution is -2.03. The second-order valence-electron chi connectivity index (χ2n) is 4.65. The van der Waals surface area contributed by atoms with Crippen LogP contribution < -0.4 is 14.2 Å². The Balaban J connectivity index is 3.07. The van der Waals surface area contributed by atoms with Gasteiger partial charge in [0, 0.05) is 6.08 Å². The first kappa shape index (κ1) is 18.9. The summed E-state index contributed by atoms with van der Waals surface area (Å²) in [7, 11) is 0. The summed E-state index contributed by atoms with van der Waals surface area (Å²) in [6.45, 7) is 9.62. The number of carbonyl (C=O) groups is 1. The van der Waals surface area contributed by atoms with E-state index < -0.39 is 0 Å². The lowest BCUT2D eigenvalue weighted by molar-refractivity contribution is -0.137. The molecule has 0 aliphatic heterocycles. The summed E-state index contributed by atoms with van der Waals surface area (Å²) in [5.74, 6) is 1.42. The van der Waals surface area contributed by atoms with Crippen LogP contribution in [0.15, 0.2) is 18.2 Å². The fourth-order valence-corrected chi connectivity index (χ4v) is 1.92. The van der Waals surface area contributed by atoms with E-state index in [2.05, 4.69) is 0 Å². The van der Waals surface area contributed by atoms with Crippen molar-refractivity contribution in [3.05, 3.63) is 23.8 Å². The molecule has 0 saturated carbocycles. The monoisotopic (exact) mass is 322 g/mol. The number of benzene rings is 1. The van der Waals surface area contributed by atoms with Gasteiger partial charge in [-0.3, -0.25) is 0 Å². The molecular weight excluding hydrogens is 296 g/mol. The molecule has 0 heterocycles. The van der Waals surface area contributed by atoms with E-state index in [4.69, 9.17) is 18.9 Å². The lowest BCUT2D eigenvalue weighted by atomic mass is 10.1. The first-order valence-electron chi connectivity index (χ1n) is 8.07. The van der Waals surface area contributed by atoms with Crippen LogP contribution in [0.4, 0.5) is 0 Å². The highest BCUT2D eigenvalue weighted by Gasteiger charge is 2.14. The maximum atomic E-state index is 11.6. The first-order chi connectivity index (χ1) is 11.2. The van der Waals surface area contributed by atoms with Crippen LogP contribution >= 0.6 is 0 Å². The van der Waals surface area contributed by atoms with E-state index in [0.29, 0.717) is 43.7 Å². The number of rotatable bonds is 10. The number of hydrogen-bond acceptors (Lipinski definition) is 5. The fraction of sp³-hybridized carbons (Fsp3) is 0.500. The third-order valence-corrected chi connectivity index (χ3v) is 2.79. The lowest BCUT2D eigenvalue weighted by Gasteiger charge is -2.16. The molecule has 0 radical (unpaired) electrons. The predicted octanol–water partition coefficient (Wildman–Crippen LogP) is 3.85. The van der Waals surface area contributed by atoms with Crippen LogP contribution in [0.1, 0.15) is 39.7 Å². The van der Waals surface area contributed by atoms with E-state index in [1.165, 1.54) is 6.08 Å². The minimum atomic E-state index is -0.364. The van der Waals surface area contributed by atoms with Crippen molar-refractivity contribution < 1.29 is 23.7 Å². The molecule has 5 heteroatoms. The molecule has 1 rings (SSSR count). The largest absolute Gasteiger partial charge is 0.490 e. The van der Waals surface area contributed by atoms with Gasteiger partial charge in [-0.05, 0) is 51.0 Å². The van der Waals surface area contributed by atoms with Crippen LogP contribution in [0.25, 0.3) is 6.08 Å². The highest BCUT2D eigenvalue weighted by atomic mass is 16.5. The van der Waals surface area contributed by atoms with Gasteiger partial charge in [0.15, 0.2) is 11.5 Å². The Morgan fingerprint density at radius 1 is 0.957 bits per heavy atom. The normalized spacial score (nSPS) is 10.6. The molecule has 0 aromatic heterocycles. The van der Waals surface area contributed by atoms with Gasteiger partial charge in [0.05, 0.1) is 26.4 Å². The second kappa shape index (κ2) is 10.5. The molecule has 0 N–H and O–H groups in total. The Morgan fingerprint density at radius 3 is 2.00 bits per heavy atom. The topological polar surface area (TPSA) is 54.0 Å². The minimum absolute atomic E-state index is 0.364. The van der Waals surface area contributed by atoms with Gasteiger partial charge in [-0.2, -0.15) is 0 Å². The van der Waals surface area contributed by atoms with Gasteiger partial charge in [0.25, 0.3) is 0 Å². The van der Waals surface area contributed by atoms with Crippen molar-refractivity contribution >= 4 is 12.0 Å². The number of ether oxygens (including phenoxy) is 4. The van der Waals surface area contributed by atoms with Crippen molar-refractivity contribution in [2.45, 2.75) is 34.1 Å². The van der Waals surface area contributed by atoms with Crippen LogP contribution in [0, 0.1) is 0 Å². The van der Waals surface area contributed by atoms with E-state index in [1.54, 1.807) is 6.08 Å². The molecule has 0 fully saturated rings. The maximum absolute atomic E-state index is 11.6. The highest BCUT2D eigenvalue weighted by molar-refractivity contribution is 5.87. The molecule has 128 valence electrons. The van der Waals surface area contributed by atoms with Gasteiger partial charge in [0.2, 0.25) is 5.75 Å².